The van der Waals surface area contributed by atoms with Crippen molar-refractivity contribution < 1.29 is 9.90 Å². The van der Waals surface area contributed by atoms with E-state index in [-0.39, 0.29) is 5.91 Å². The first-order valence-corrected chi connectivity index (χ1v) is 5.19. The Balaban J connectivity index is 2.13. The zero-order chi connectivity index (χ0) is 10.6. The summed E-state index contributed by atoms with van der Waals surface area (Å²) in [5.74, 6) is 0.0222. The number of aliphatic hydroxyl groups is 1. The van der Waals surface area contributed by atoms with Gasteiger partial charge in [0.05, 0.1) is 5.60 Å². The highest BCUT2D eigenvalue weighted by Gasteiger charge is 2.26. The summed E-state index contributed by atoms with van der Waals surface area (Å²) in [5, 5.41) is 12.5. The lowest BCUT2D eigenvalue weighted by atomic mass is 9.94. The van der Waals surface area contributed by atoms with Crippen molar-refractivity contribution in [3.63, 3.8) is 0 Å². The molecule has 0 atom stereocenters. The molecule has 1 aliphatic rings. The molecular formula is C10H20N2O2. The van der Waals surface area contributed by atoms with Gasteiger partial charge in [0.25, 0.3) is 0 Å². The van der Waals surface area contributed by atoms with Gasteiger partial charge in [-0.2, -0.15) is 0 Å². The topological polar surface area (TPSA) is 52.6 Å². The molecule has 0 aliphatic carbocycles. The van der Waals surface area contributed by atoms with Gasteiger partial charge in [-0.3, -0.25) is 4.79 Å². The van der Waals surface area contributed by atoms with E-state index in [0.717, 1.165) is 32.5 Å². The average molecular weight is 200 g/mol. The average Bonchev–Trinajstić information content (AvgIpc) is 2.07. The lowest BCUT2D eigenvalue weighted by Gasteiger charge is -2.35. The summed E-state index contributed by atoms with van der Waals surface area (Å²) in [5.41, 5.74) is -0.482. The van der Waals surface area contributed by atoms with Crippen LogP contribution < -0.4 is 5.32 Å². The summed E-state index contributed by atoms with van der Waals surface area (Å²) in [7, 11) is 0. The number of carbonyl (C=O) groups is 1. The first-order chi connectivity index (χ1) is 6.49. The number of nitrogens with zero attached hydrogens (tertiary/aromatic N) is 1. The molecule has 4 nitrogen and oxygen atoms in total. The summed E-state index contributed by atoms with van der Waals surface area (Å²) >= 11 is 0. The van der Waals surface area contributed by atoms with Crippen LogP contribution in [0.1, 0.15) is 26.7 Å². The van der Waals surface area contributed by atoms with Crippen molar-refractivity contribution in [1.82, 2.24) is 10.2 Å². The largest absolute Gasteiger partial charge is 0.390 e. The van der Waals surface area contributed by atoms with Gasteiger partial charge in [0.15, 0.2) is 0 Å². The van der Waals surface area contributed by atoms with E-state index in [2.05, 4.69) is 10.2 Å². The van der Waals surface area contributed by atoms with Gasteiger partial charge in [0, 0.05) is 33.1 Å². The van der Waals surface area contributed by atoms with Crippen LogP contribution in [0.2, 0.25) is 0 Å². The Hall–Kier alpha value is -0.610. The van der Waals surface area contributed by atoms with E-state index in [1.165, 1.54) is 6.92 Å². The smallest absolute Gasteiger partial charge is 0.216 e. The number of likely N-dealkylation sites (tertiary alicyclic amines) is 1. The van der Waals surface area contributed by atoms with Crippen LogP contribution in [0.25, 0.3) is 0 Å². The molecule has 1 heterocycles. The van der Waals surface area contributed by atoms with Crippen molar-refractivity contribution >= 4 is 5.91 Å². The van der Waals surface area contributed by atoms with Crippen molar-refractivity contribution in [2.24, 2.45) is 0 Å². The SMILES string of the molecule is CC(=O)NCCN1CCC(C)(O)CC1. The van der Waals surface area contributed by atoms with Gasteiger partial charge in [-0.05, 0) is 19.8 Å². The molecule has 1 saturated heterocycles. The number of nitrogens with one attached hydrogen (secondary N) is 1. The van der Waals surface area contributed by atoms with Crippen molar-refractivity contribution in [2.75, 3.05) is 26.2 Å². The van der Waals surface area contributed by atoms with Crippen molar-refractivity contribution in [1.29, 1.82) is 0 Å². The fourth-order valence-electron chi connectivity index (χ4n) is 1.65. The highest BCUT2D eigenvalue weighted by Crippen LogP contribution is 2.20. The van der Waals surface area contributed by atoms with Crippen LogP contribution in [-0.2, 0) is 4.79 Å². The lowest BCUT2D eigenvalue weighted by Crippen LogP contribution is -2.44. The summed E-state index contributed by atoms with van der Waals surface area (Å²) in [4.78, 5) is 12.9. The number of hydrogen-bond donors (Lipinski definition) is 2. The molecule has 0 saturated carbocycles. The molecule has 0 aromatic carbocycles. The van der Waals surface area contributed by atoms with E-state index in [1.54, 1.807) is 0 Å². The number of piperidine rings is 1. The lowest BCUT2D eigenvalue weighted by molar-refractivity contribution is -0.119. The summed E-state index contributed by atoms with van der Waals surface area (Å²) in [6, 6.07) is 0. The molecule has 1 fully saturated rings. The van der Waals surface area contributed by atoms with E-state index >= 15 is 0 Å². The maximum atomic E-state index is 10.6. The number of carbonyl (C=O) groups excluding carboxylic acids is 1. The molecule has 0 aromatic heterocycles. The summed E-state index contributed by atoms with van der Waals surface area (Å²) < 4.78 is 0. The third-order valence-electron chi connectivity index (χ3n) is 2.74. The second kappa shape index (κ2) is 4.75. The van der Waals surface area contributed by atoms with E-state index < -0.39 is 5.60 Å². The van der Waals surface area contributed by atoms with Gasteiger partial charge in [0.1, 0.15) is 0 Å². The Labute approximate surface area is 85.3 Å². The minimum absolute atomic E-state index is 0.0222. The van der Waals surface area contributed by atoms with Crippen LogP contribution in [0, 0.1) is 0 Å². The number of hydrogen-bond acceptors (Lipinski definition) is 3. The van der Waals surface area contributed by atoms with Crippen molar-refractivity contribution in [3.05, 3.63) is 0 Å². The molecule has 2 N–H and O–H groups in total. The monoisotopic (exact) mass is 200 g/mol. The van der Waals surface area contributed by atoms with Crippen molar-refractivity contribution in [2.45, 2.75) is 32.3 Å². The molecule has 1 aliphatic heterocycles. The molecule has 82 valence electrons. The molecule has 14 heavy (non-hydrogen) atoms. The van der Waals surface area contributed by atoms with Crippen LogP contribution in [0.3, 0.4) is 0 Å². The second-order valence-corrected chi connectivity index (χ2v) is 4.32. The zero-order valence-corrected chi connectivity index (χ0v) is 9.05. The van der Waals surface area contributed by atoms with Crippen molar-refractivity contribution in [3.8, 4) is 0 Å². The maximum Gasteiger partial charge on any atom is 0.216 e. The molecule has 0 unspecified atom stereocenters. The van der Waals surface area contributed by atoms with Crippen LogP contribution in [0.5, 0.6) is 0 Å². The minimum Gasteiger partial charge on any atom is -0.390 e. The van der Waals surface area contributed by atoms with E-state index in [0.29, 0.717) is 6.54 Å². The van der Waals surface area contributed by atoms with Gasteiger partial charge < -0.3 is 15.3 Å². The summed E-state index contributed by atoms with van der Waals surface area (Å²) in [6.07, 6.45) is 1.65. The van der Waals surface area contributed by atoms with Crippen LogP contribution in [0.4, 0.5) is 0 Å². The van der Waals surface area contributed by atoms with Gasteiger partial charge in [0.2, 0.25) is 5.91 Å². The van der Waals surface area contributed by atoms with Crippen LogP contribution >= 0.6 is 0 Å². The number of amides is 1. The zero-order valence-electron chi connectivity index (χ0n) is 9.05. The highest BCUT2D eigenvalue weighted by molar-refractivity contribution is 5.72. The fraction of sp³-hybridized carbons (Fsp3) is 0.900. The first-order valence-electron chi connectivity index (χ1n) is 5.19. The van der Waals surface area contributed by atoms with Gasteiger partial charge in [-0.15, -0.1) is 0 Å². The molecule has 0 radical (unpaired) electrons. The number of rotatable bonds is 3. The molecule has 0 aromatic rings. The van der Waals surface area contributed by atoms with Gasteiger partial charge in [-0.25, -0.2) is 0 Å². The van der Waals surface area contributed by atoms with E-state index in [4.69, 9.17) is 0 Å². The Bertz CT molecular complexity index is 194. The quantitative estimate of drug-likeness (QED) is 0.672. The highest BCUT2D eigenvalue weighted by atomic mass is 16.3. The Morgan fingerprint density at radius 1 is 1.50 bits per heavy atom. The van der Waals surface area contributed by atoms with E-state index in [1.807, 2.05) is 6.92 Å². The molecule has 0 bridgehead atoms. The first kappa shape index (κ1) is 11.5. The molecule has 1 rings (SSSR count). The van der Waals surface area contributed by atoms with Crippen LogP contribution in [-0.4, -0.2) is 47.7 Å². The van der Waals surface area contributed by atoms with Gasteiger partial charge >= 0.3 is 0 Å². The molecule has 4 heteroatoms. The standard InChI is InChI=1S/C10H20N2O2/c1-9(13)11-5-8-12-6-3-10(2,14)4-7-12/h14H,3-8H2,1-2H3,(H,11,13). The summed E-state index contributed by atoms with van der Waals surface area (Å²) in [6.45, 7) is 6.85. The van der Waals surface area contributed by atoms with E-state index in [9.17, 15) is 9.90 Å². The second-order valence-electron chi connectivity index (χ2n) is 4.32. The van der Waals surface area contributed by atoms with Crippen LogP contribution in [0.15, 0.2) is 0 Å². The predicted molar refractivity (Wildman–Crippen MR) is 55.0 cm³/mol. The Kier molecular flexibility index (Phi) is 3.89. The maximum absolute atomic E-state index is 10.6. The molecule has 1 amide bonds. The third kappa shape index (κ3) is 4.07. The normalized spacial score (nSPS) is 21.9. The molecule has 0 spiro atoms. The fourth-order valence-corrected chi connectivity index (χ4v) is 1.65. The Morgan fingerprint density at radius 2 is 2.07 bits per heavy atom. The predicted octanol–water partition coefficient (Wildman–Crippen LogP) is -0.0307. The Morgan fingerprint density at radius 3 is 2.57 bits per heavy atom. The van der Waals surface area contributed by atoms with Gasteiger partial charge in [-0.1, -0.05) is 0 Å². The third-order valence-corrected chi connectivity index (χ3v) is 2.74. The molecular weight excluding hydrogens is 180 g/mol. The minimum atomic E-state index is -0.482.